The molecule has 0 saturated heterocycles. The Bertz CT molecular complexity index is 743. The van der Waals surface area contributed by atoms with Gasteiger partial charge in [0.2, 0.25) is 0 Å². The lowest BCUT2D eigenvalue weighted by molar-refractivity contribution is -0.542. The van der Waals surface area contributed by atoms with Gasteiger partial charge in [-0.15, -0.1) is 4.31 Å². The van der Waals surface area contributed by atoms with Crippen molar-refractivity contribution >= 4 is 27.5 Å². The van der Waals surface area contributed by atoms with E-state index in [2.05, 4.69) is 0 Å². The third-order valence-corrected chi connectivity index (χ3v) is 6.75. The number of rotatable bonds is 3. The summed E-state index contributed by atoms with van der Waals surface area (Å²) in [5, 5.41) is 12.9. The molecule has 7 heteroatoms. The zero-order valence-electron chi connectivity index (χ0n) is 13.4. The zero-order chi connectivity index (χ0) is 16.9. The van der Waals surface area contributed by atoms with Crippen LogP contribution in [0.5, 0.6) is 0 Å². The van der Waals surface area contributed by atoms with Crippen LogP contribution in [0.4, 0.5) is 0 Å². The topological polar surface area (TPSA) is 63.5 Å². The third kappa shape index (κ3) is 2.48. The summed E-state index contributed by atoms with van der Waals surface area (Å²) < 4.78 is 27.9. The molecule has 1 aromatic carbocycles. The van der Waals surface area contributed by atoms with Crippen molar-refractivity contribution in [1.29, 1.82) is 0 Å². The lowest BCUT2D eigenvalue weighted by Gasteiger charge is -2.30. The number of hydroxylamine groups is 1. The first-order valence-corrected chi connectivity index (χ1v) is 8.93. The number of amidine groups is 1. The van der Waals surface area contributed by atoms with Crippen molar-refractivity contribution < 1.29 is 13.2 Å². The van der Waals surface area contributed by atoms with Crippen LogP contribution < -0.4 is 0 Å². The van der Waals surface area contributed by atoms with E-state index in [0.717, 1.165) is 4.74 Å². The van der Waals surface area contributed by atoms with E-state index in [0.29, 0.717) is 10.6 Å². The second kappa shape index (κ2) is 5.42. The van der Waals surface area contributed by atoms with Crippen molar-refractivity contribution in [3.05, 3.63) is 34.0 Å². The van der Waals surface area contributed by atoms with Crippen molar-refractivity contribution in [3.8, 4) is 0 Å². The second-order valence-corrected chi connectivity index (χ2v) is 8.54. The highest BCUT2D eigenvalue weighted by molar-refractivity contribution is 7.89. The van der Waals surface area contributed by atoms with Gasteiger partial charge in [-0.3, -0.25) is 4.74 Å². The molecule has 1 aliphatic heterocycles. The minimum absolute atomic E-state index is 0.0199. The van der Waals surface area contributed by atoms with Crippen LogP contribution >= 0.6 is 11.6 Å². The first-order chi connectivity index (χ1) is 10.0. The molecular formula is C15H21ClN2O3S. The van der Waals surface area contributed by atoms with Crippen LogP contribution in [0.1, 0.15) is 33.3 Å². The summed E-state index contributed by atoms with van der Waals surface area (Å²) in [6.07, 6.45) is 0. The van der Waals surface area contributed by atoms with Gasteiger partial charge in [0, 0.05) is 17.9 Å². The number of benzene rings is 1. The number of nitrogens with zero attached hydrogens (tertiary/aromatic N) is 2. The van der Waals surface area contributed by atoms with Crippen molar-refractivity contribution in [1.82, 2.24) is 4.31 Å². The van der Waals surface area contributed by atoms with E-state index < -0.39 is 15.6 Å². The average molecular weight is 345 g/mol. The predicted molar refractivity (Wildman–Crippen MR) is 87.6 cm³/mol. The molecular weight excluding hydrogens is 324 g/mol. The maximum Gasteiger partial charge on any atom is 0.331 e. The molecule has 0 bridgehead atoms. The van der Waals surface area contributed by atoms with Gasteiger partial charge in [-0.05, 0) is 37.6 Å². The Hall–Kier alpha value is -1.27. The zero-order valence-corrected chi connectivity index (χ0v) is 15.0. The number of sulfonamides is 1. The summed E-state index contributed by atoms with van der Waals surface area (Å²) in [6.45, 7) is 9.01. The Balaban J connectivity index is 2.53. The summed E-state index contributed by atoms with van der Waals surface area (Å²) in [4.78, 5) is 0.178. The van der Waals surface area contributed by atoms with Gasteiger partial charge in [0.25, 0.3) is 5.84 Å². The SMILES string of the molecule is CC1=[N+]([O-])C(C)(C(C)C)CN1S(=O)(=O)c1ccc(Cl)cc1C. The Morgan fingerprint density at radius 2 is 1.95 bits per heavy atom. The van der Waals surface area contributed by atoms with Crippen LogP contribution in [0.15, 0.2) is 23.1 Å². The van der Waals surface area contributed by atoms with Gasteiger partial charge in [0.05, 0.1) is 0 Å². The molecule has 1 aliphatic rings. The van der Waals surface area contributed by atoms with Crippen molar-refractivity contribution in [2.45, 2.75) is 45.1 Å². The van der Waals surface area contributed by atoms with Crippen LogP contribution in [0.2, 0.25) is 5.02 Å². The van der Waals surface area contributed by atoms with Crippen LogP contribution in [0.25, 0.3) is 0 Å². The Kier molecular flexibility index (Phi) is 4.21. The van der Waals surface area contributed by atoms with E-state index >= 15 is 0 Å². The third-order valence-electron chi connectivity index (χ3n) is 4.53. The highest BCUT2D eigenvalue weighted by atomic mass is 35.5. The van der Waals surface area contributed by atoms with E-state index in [1.807, 2.05) is 13.8 Å². The molecule has 5 nitrogen and oxygen atoms in total. The Morgan fingerprint density at radius 3 is 2.41 bits per heavy atom. The standard InChI is InChI=1S/C15H21ClN2O3S/c1-10(2)15(5)9-17(12(4)18(15)19)22(20,21)14-7-6-13(16)8-11(14)3/h6-8,10H,9H2,1-5H3. The molecule has 0 aromatic heterocycles. The van der Waals surface area contributed by atoms with Crippen molar-refractivity contribution in [2.75, 3.05) is 6.54 Å². The molecule has 122 valence electrons. The lowest BCUT2D eigenvalue weighted by Crippen LogP contribution is -2.44. The highest BCUT2D eigenvalue weighted by Gasteiger charge is 2.50. The van der Waals surface area contributed by atoms with Crippen molar-refractivity contribution in [2.24, 2.45) is 5.92 Å². The highest BCUT2D eigenvalue weighted by Crippen LogP contribution is 2.32. The smallest absolute Gasteiger partial charge is 0.331 e. The molecule has 0 saturated carbocycles. The maximum absolute atomic E-state index is 12.9. The second-order valence-electron chi connectivity index (χ2n) is 6.27. The maximum atomic E-state index is 12.9. The van der Waals surface area contributed by atoms with E-state index in [4.69, 9.17) is 11.6 Å². The summed E-state index contributed by atoms with van der Waals surface area (Å²) in [7, 11) is -3.78. The average Bonchev–Trinajstić information content (AvgIpc) is 2.64. The lowest BCUT2D eigenvalue weighted by atomic mass is 9.90. The van der Waals surface area contributed by atoms with E-state index in [1.165, 1.54) is 10.4 Å². The normalized spacial score (nSPS) is 22.8. The van der Waals surface area contributed by atoms with Crippen LogP contribution in [0, 0.1) is 18.0 Å². The van der Waals surface area contributed by atoms with Gasteiger partial charge in [-0.25, -0.2) is 0 Å². The molecule has 0 aliphatic carbocycles. The number of hydrogen-bond donors (Lipinski definition) is 0. The Morgan fingerprint density at radius 1 is 1.36 bits per heavy atom. The summed E-state index contributed by atoms with van der Waals surface area (Å²) >= 11 is 5.89. The van der Waals surface area contributed by atoms with E-state index in [1.54, 1.807) is 32.9 Å². The first-order valence-electron chi connectivity index (χ1n) is 7.11. The molecule has 0 radical (unpaired) electrons. The molecule has 1 atom stereocenters. The molecule has 0 fully saturated rings. The molecule has 0 N–H and O–H groups in total. The minimum Gasteiger partial charge on any atom is -0.715 e. The van der Waals surface area contributed by atoms with Gasteiger partial charge in [0.15, 0.2) is 0 Å². The summed E-state index contributed by atoms with van der Waals surface area (Å²) in [5.74, 6) is 0.219. The fourth-order valence-corrected chi connectivity index (χ4v) is 4.66. The van der Waals surface area contributed by atoms with Crippen molar-refractivity contribution in [3.63, 3.8) is 0 Å². The molecule has 1 heterocycles. The van der Waals surface area contributed by atoms with Gasteiger partial charge < -0.3 is 5.21 Å². The van der Waals surface area contributed by atoms with Gasteiger partial charge in [0.1, 0.15) is 17.0 Å². The van der Waals surface area contributed by atoms with Crippen LogP contribution in [-0.4, -0.2) is 35.4 Å². The first kappa shape index (κ1) is 17.1. The van der Waals surface area contributed by atoms with Gasteiger partial charge in [-0.1, -0.05) is 25.4 Å². The minimum atomic E-state index is -3.78. The van der Waals surface area contributed by atoms with E-state index in [-0.39, 0.29) is 23.2 Å². The fraction of sp³-hybridized carbons (Fsp3) is 0.533. The van der Waals surface area contributed by atoms with Gasteiger partial charge >= 0.3 is 10.0 Å². The molecule has 0 amide bonds. The summed E-state index contributed by atoms with van der Waals surface area (Å²) in [6, 6.07) is 4.64. The predicted octanol–water partition coefficient (Wildman–Crippen LogP) is 3.00. The largest absolute Gasteiger partial charge is 0.715 e. The summed E-state index contributed by atoms with van der Waals surface area (Å²) in [5.41, 5.74) is -0.201. The van der Waals surface area contributed by atoms with Crippen LogP contribution in [0.3, 0.4) is 0 Å². The molecule has 22 heavy (non-hydrogen) atoms. The van der Waals surface area contributed by atoms with E-state index in [9.17, 15) is 13.6 Å². The Labute approximate surface area is 136 Å². The van der Waals surface area contributed by atoms with Crippen LogP contribution in [-0.2, 0) is 10.0 Å². The quantitative estimate of drug-likeness (QED) is 0.625. The molecule has 0 spiro atoms. The molecule has 1 unspecified atom stereocenters. The number of halogens is 1. The monoisotopic (exact) mass is 344 g/mol. The molecule has 1 aromatic rings. The molecule has 2 rings (SSSR count). The number of hydrogen-bond acceptors (Lipinski definition) is 3. The number of aryl methyl sites for hydroxylation is 1. The fourth-order valence-electron chi connectivity index (χ4n) is 2.64. The van der Waals surface area contributed by atoms with Gasteiger partial charge in [-0.2, -0.15) is 8.42 Å².